The third kappa shape index (κ3) is 3.84. The van der Waals surface area contributed by atoms with Gasteiger partial charge in [0.05, 0.1) is 24.9 Å². The van der Waals surface area contributed by atoms with E-state index in [1.54, 1.807) is 12.1 Å². The summed E-state index contributed by atoms with van der Waals surface area (Å²) in [7, 11) is 1.32. The summed E-state index contributed by atoms with van der Waals surface area (Å²) in [6.07, 6.45) is 1.52. The highest BCUT2D eigenvalue weighted by molar-refractivity contribution is 5.89. The third-order valence-electron chi connectivity index (χ3n) is 2.35. The van der Waals surface area contributed by atoms with Crippen LogP contribution in [0, 0.1) is 5.41 Å². The molecule has 0 unspecified atom stereocenters. The fourth-order valence-corrected chi connectivity index (χ4v) is 1.26. The SMILES string of the molecule is COC(=O)c1ccnc(CNC(=O)C(C)(C)C)c1. The summed E-state index contributed by atoms with van der Waals surface area (Å²) in [5, 5.41) is 2.77. The molecule has 0 saturated heterocycles. The van der Waals surface area contributed by atoms with Crippen molar-refractivity contribution >= 4 is 11.9 Å². The molecule has 98 valence electrons. The number of hydrogen-bond donors (Lipinski definition) is 1. The Hall–Kier alpha value is -1.91. The van der Waals surface area contributed by atoms with Gasteiger partial charge in [-0.25, -0.2) is 4.79 Å². The quantitative estimate of drug-likeness (QED) is 0.826. The van der Waals surface area contributed by atoms with Gasteiger partial charge < -0.3 is 10.1 Å². The molecule has 0 atom stereocenters. The highest BCUT2D eigenvalue weighted by Crippen LogP contribution is 2.13. The normalized spacial score (nSPS) is 10.9. The van der Waals surface area contributed by atoms with Gasteiger partial charge in [-0.15, -0.1) is 0 Å². The predicted molar refractivity (Wildman–Crippen MR) is 66.9 cm³/mol. The fraction of sp³-hybridized carbons (Fsp3) is 0.462. The fourth-order valence-electron chi connectivity index (χ4n) is 1.26. The molecule has 0 saturated carbocycles. The molecule has 0 spiro atoms. The van der Waals surface area contributed by atoms with Crippen LogP contribution >= 0.6 is 0 Å². The minimum Gasteiger partial charge on any atom is -0.465 e. The molecule has 0 aliphatic carbocycles. The van der Waals surface area contributed by atoms with E-state index in [4.69, 9.17) is 0 Å². The highest BCUT2D eigenvalue weighted by Gasteiger charge is 2.20. The molecule has 1 aromatic heterocycles. The zero-order chi connectivity index (χ0) is 13.8. The number of carbonyl (C=O) groups excluding carboxylic acids is 2. The minimum atomic E-state index is -0.444. The molecule has 0 aromatic carbocycles. The van der Waals surface area contributed by atoms with Crippen molar-refractivity contribution in [1.82, 2.24) is 10.3 Å². The first-order valence-corrected chi connectivity index (χ1v) is 5.66. The van der Waals surface area contributed by atoms with Crippen molar-refractivity contribution in [2.75, 3.05) is 7.11 Å². The Labute approximate surface area is 107 Å². The molecular formula is C13H18N2O3. The van der Waals surface area contributed by atoms with Crippen molar-refractivity contribution in [3.8, 4) is 0 Å². The number of aromatic nitrogens is 1. The summed E-state index contributed by atoms with van der Waals surface area (Å²) < 4.78 is 4.62. The maximum Gasteiger partial charge on any atom is 0.337 e. The number of nitrogens with zero attached hydrogens (tertiary/aromatic N) is 1. The Bertz CT molecular complexity index is 450. The van der Waals surface area contributed by atoms with Crippen molar-refractivity contribution in [2.45, 2.75) is 27.3 Å². The summed E-state index contributed by atoms with van der Waals surface area (Å²) in [6.45, 7) is 5.79. The summed E-state index contributed by atoms with van der Waals surface area (Å²) >= 11 is 0. The van der Waals surface area contributed by atoms with Crippen LogP contribution in [0.25, 0.3) is 0 Å². The average Bonchev–Trinajstić information content (AvgIpc) is 2.34. The van der Waals surface area contributed by atoms with E-state index in [9.17, 15) is 9.59 Å². The molecule has 5 nitrogen and oxygen atoms in total. The second-order valence-corrected chi connectivity index (χ2v) is 4.96. The van der Waals surface area contributed by atoms with Crippen LogP contribution in [0.1, 0.15) is 36.8 Å². The molecule has 0 radical (unpaired) electrons. The molecule has 0 aliphatic heterocycles. The monoisotopic (exact) mass is 250 g/mol. The molecule has 1 aromatic rings. The Balaban J connectivity index is 2.69. The van der Waals surface area contributed by atoms with Crippen LogP contribution in [0.3, 0.4) is 0 Å². The third-order valence-corrected chi connectivity index (χ3v) is 2.35. The number of amides is 1. The Kier molecular flexibility index (Phi) is 4.42. The van der Waals surface area contributed by atoms with Crippen molar-refractivity contribution < 1.29 is 14.3 Å². The second kappa shape index (κ2) is 5.62. The van der Waals surface area contributed by atoms with Crippen LogP contribution in [0.5, 0.6) is 0 Å². The van der Waals surface area contributed by atoms with Crippen molar-refractivity contribution in [2.24, 2.45) is 5.41 Å². The molecule has 1 heterocycles. The Morgan fingerprint density at radius 2 is 2.06 bits per heavy atom. The van der Waals surface area contributed by atoms with Crippen molar-refractivity contribution in [1.29, 1.82) is 0 Å². The zero-order valence-electron chi connectivity index (χ0n) is 11.1. The van der Waals surface area contributed by atoms with E-state index in [2.05, 4.69) is 15.0 Å². The van der Waals surface area contributed by atoms with Gasteiger partial charge in [-0.1, -0.05) is 20.8 Å². The van der Waals surface area contributed by atoms with Gasteiger partial charge in [0.15, 0.2) is 0 Å². The van der Waals surface area contributed by atoms with Crippen LogP contribution in [0.2, 0.25) is 0 Å². The van der Waals surface area contributed by atoms with Crippen LogP contribution in [0.15, 0.2) is 18.3 Å². The number of hydrogen-bond acceptors (Lipinski definition) is 4. The van der Waals surface area contributed by atoms with Gasteiger partial charge in [0, 0.05) is 11.6 Å². The number of methoxy groups -OCH3 is 1. The van der Waals surface area contributed by atoms with Gasteiger partial charge in [-0.3, -0.25) is 9.78 Å². The number of pyridine rings is 1. The van der Waals surface area contributed by atoms with Crippen LogP contribution < -0.4 is 5.32 Å². The largest absolute Gasteiger partial charge is 0.465 e. The van der Waals surface area contributed by atoms with E-state index < -0.39 is 11.4 Å². The van der Waals surface area contributed by atoms with Gasteiger partial charge in [0.25, 0.3) is 0 Å². The van der Waals surface area contributed by atoms with Crippen molar-refractivity contribution in [3.05, 3.63) is 29.6 Å². The first-order chi connectivity index (χ1) is 8.34. The molecule has 1 amide bonds. The predicted octanol–water partition coefficient (Wildman–Crippen LogP) is 1.53. The summed E-state index contributed by atoms with van der Waals surface area (Å²) in [5.74, 6) is -0.478. The Morgan fingerprint density at radius 1 is 1.39 bits per heavy atom. The summed E-state index contributed by atoms with van der Waals surface area (Å²) in [5.41, 5.74) is 0.600. The average molecular weight is 250 g/mol. The maximum absolute atomic E-state index is 11.7. The van der Waals surface area contributed by atoms with Crippen LogP contribution in [-0.4, -0.2) is 24.0 Å². The maximum atomic E-state index is 11.7. The number of esters is 1. The molecule has 1 rings (SSSR count). The topological polar surface area (TPSA) is 68.3 Å². The molecule has 5 heteroatoms. The van der Waals surface area contributed by atoms with E-state index in [0.29, 0.717) is 17.8 Å². The summed E-state index contributed by atoms with van der Waals surface area (Å²) in [6, 6.07) is 3.18. The summed E-state index contributed by atoms with van der Waals surface area (Å²) in [4.78, 5) is 27.1. The molecule has 1 N–H and O–H groups in total. The van der Waals surface area contributed by atoms with E-state index >= 15 is 0 Å². The standard InChI is InChI=1S/C13H18N2O3/c1-13(2,3)12(17)15-8-10-7-9(5-6-14-10)11(16)18-4/h5-7H,8H2,1-4H3,(H,15,17). The van der Waals surface area contributed by atoms with E-state index in [1.807, 2.05) is 20.8 Å². The lowest BCUT2D eigenvalue weighted by Crippen LogP contribution is -2.34. The van der Waals surface area contributed by atoms with Gasteiger partial charge in [0.1, 0.15) is 0 Å². The minimum absolute atomic E-state index is 0.0622. The Morgan fingerprint density at radius 3 is 2.61 bits per heavy atom. The molecular weight excluding hydrogens is 232 g/mol. The molecule has 0 bridgehead atoms. The zero-order valence-corrected chi connectivity index (χ0v) is 11.1. The van der Waals surface area contributed by atoms with Crippen molar-refractivity contribution in [3.63, 3.8) is 0 Å². The van der Waals surface area contributed by atoms with Gasteiger partial charge in [-0.2, -0.15) is 0 Å². The first-order valence-electron chi connectivity index (χ1n) is 5.66. The lowest BCUT2D eigenvalue weighted by atomic mass is 9.96. The van der Waals surface area contributed by atoms with Crippen LogP contribution in [-0.2, 0) is 16.1 Å². The second-order valence-electron chi connectivity index (χ2n) is 4.96. The smallest absolute Gasteiger partial charge is 0.337 e. The number of rotatable bonds is 3. The van der Waals surface area contributed by atoms with Gasteiger partial charge in [-0.05, 0) is 12.1 Å². The van der Waals surface area contributed by atoms with E-state index in [-0.39, 0.29) is 5.91 Å². The number of nitrogens with one attached hydrogen (secondary N) is 1. The molecule has 0 aliphatic rings. The highest BCUT2D eigenvalue weighted by atomic mass is 16.5. The molecule has 0 fully saturated rings. The lowest BCUT2D eigenvalue weighted by molar-refractivity contribution is -0.128. The van der Waals surface area contributed by atoms with Crippen LogP contribution in [0.4, 0.5) is 0 Å². The van der Waals surface area contributed by atoms with Gasteiger partial charge in [0.2, 0.25) is 5.91 Å². The number of ether oxygens (including phenoxy) is 1. The van der Waals surface area contributed by atoms with E-state index in [1.165, 1.54) is 13.3 Å². The lowest BCUT2D eigenvalue weighted by Gasteiger charge is -2.17. The van der Waals surface area contributed by atoms with E-state index in [0.717, 1.165) is 0 Å². The number of carbonyl (C=O) groups is 2. The molecule has 18 heavy (non-hydrogen) atoms. The van der Waals surface area contributed by atoms with Gasteiger partial charge >= 0.3 is 5.97 Å². The first kappa shape index (κ1) is 14.2.